The van der Waals surface area contributed by atoms with Crippen molar-refractivity contribution in [3.05, 3.63) is 12.2 Å². The Morgan fingerprint density at radius 2 is 2.00 bits per heavy atom. The van der Waals surface area contributed by atoms with Crippen LogP contribution in [0.5, 0.6) is 0 Å². The van der Waals surface area contributed by atoms with Crippen molar-refractivity contribution in [2.45, 2.75) is 52.0 Å². The Morgan fingerprint density at radius 1 is 1.23 bits per heavy atom. The molecule has 2 atom stereocenters. The minimum atomic E-state index is 0.763. The molecule has 0 saturated heterocycles. The van der Waals surface area contributed by atoms with E-state index < -0.39 is 0 Å². The van der Waals surface area contributed by atoms with Crippen molar-refractivity contribution in [1.29, 1.82) is 0 Å². The minimum absolute atomic E-state index is 0.763. The topological polar surface area (TPSA) is 12.0 Å². The van der Waals surface area contributed by atoms with Crippen molar-refractivity contribution in [2.75, 3.05) is 6.54 Å². The first kappa shape index (κ1) is 10.8. The number of rotatable bonds is 3. The average molecular weight is 181 g/mol. The van der Waals surface area contributed by atoms with Crippen molar-refractivity contribution in [2.24, 2.45) is 5.92 Å². The third kappa shape index (κ3) is 3.95. The maximum atomic E-state index is 3.63. The fourth-order valence-corrected chi connectivity index (χ4v) is 2.13. The lowest BCUT2D eigenvalue weighted by Crippen LogP contribution is -2.34. The molecule has 0 amide bonds. The summed E-state index contributed by atoms with van der Waals surface area (Å²) in [6.07, 6.45) is 11.4. The second kappa shape index (κ2) is 6.20. The van der Waals surface area contributed by atoms with Gasteiger partial charge in [-0.2, -0.15) is 0 Å². The van der Waals surface area contributed by atoms with Gasteiger partial charge >= 0.3 is 0 Å². The molecule has 1 N–H and O–H groups in total. The van der Waals surface area contributed by atoms with Gasteiger partial charge in [-0.05, 0) is 25.7 Å². The highest BCUT2D eigenvalue weighted by atomic mass is 14.9. The normalized spacial score (nSPS) is 30.6. The maximum absolute atomic E-state index is 3.63. The molecule has 1 saturated carbocycles. The summed E-state index contributed by atoms with van der Waals surface area (Å²) in [6.45, 7) is 5.52. The molecule has 1 heteroatoms. The van der Waals surface area contributed by atoms with E-state index in [1.54, 1.807) is 0 Å². The summed E-state index contributed by atoms with van der Waals surface area (Å²) in [7, 11) is 0. The van der Waals surface area contributed by atoms with Crippen LogP contribution in [0, 0.1) is 5.92 Å². The summed E-state index contributed by atoms with van der Waals surface area (Å²) in [6, 6.07) is 0.763. The predicted octanol–water partition coefficient (Wildman–Crippen LogP) is 3.12. The first-order valence-corrected chi connectivity index (χ1v) is 5.69. The predicted molar refractivity (Wildman–Crippen MR) is 58.9 cm³/mol. The van der Waals surface area contributed by atoms with E-state index in [9.17, 15) is 0 Å². The summed E-state index contributed by atoms with van der Waals surface area (Å²) in [4.78, 5) is 0. The summed E-state index contributed by atoms with van der Waals surface area (Å²) < 4.78 is 0. The van der Waals surface area contributed by atoms with E-state index in [1.165, 1.54) is 32.1 Å². The van der Waals surface area contributed by atoms with Gasteiger partial charge in [0.25, 0.3) is 0 Å². The first-order chi connectivity index (χ1) is 6.34. The van der Waals surface area contributed by atoms with E-state index in [0.717, 1.165) is 18.5 Å². The van der Waals surface area contributed by atoms with Gasteiger partial charge in [0.05, 0.1) is 0 Å². The summed E-state index contributed by atoms with van der Waals surface area (Å²) >= 11 is 0. The van der Waals surface area contributed by atoms with Crippen molar-refractivity contribution >= 4 is 0 Å². The lowest BCUT2D eigenvalue weighted by molar-refractivity contribution is 0.369. The maximum Gasteiger partial charge on any atom is 0.0137 e. The van der Waals surface area contributed by atoms with Crippen LogP contribution in [-0.4, -0.2) is 12.6 Å². The SMILES string of the molecule is C/C=C/CNC1CCCCCC1C. The Balaban J connectivity index is 2.27. The summed E-state index contributed by atoms with van der Waals surface area (Å²) in [5.74, 6) is 0.868. The number of nitrogens with one attached hydrogen (secondary N) is 1. The van der Waals surface area contributed by atoms with Gasteiger partial charge < -0.3 is 5.32 Å². The van der Waals surface area contributed by atoms with Gasteiger partial charge in [-0.15, -0.1) is 0 Å². The fraction of sp³-hybridized carbons (Fsp3) is 0.833. The van der Waals surface area contributed by atoms with Gasteiger partial charge in [-0.3, -0.25) is 0 Å². The lowest BCUT2D eigenvalue weighted by atomic mass is 9.97. The summed E-state index contributed by atoms with van der Waals surface area (Å²) in [5, 5.41) is 3.63. The Morgan fingerprint density at radius 3 is 2.77 bits per heavy atom. The molecule has 1 rings (SSSR count). The van der Waals surface area contributed by atoms with Crippen LogP contribution in [0.2, 0.25) is 0 Å². The molecule has 0 aromatic rings. The number of hydrogen-bond donors (Lipinski definition) is 1. The van der Waals surface area contributed by atoms with E-state index in [0.29, 0.717) is 0 Å². The van der Waals surface area contributed by atoms with E-state index in [1.807, 2.05) is 0 Å². The molecule has 1 aliphatic carbocycles. The zero-order valence-corrected chi connectivity index (χ0v) is 9.05. The molecule has 1 nitrogen and oxygen atoms in total. The fourth-order valence-electron chi connectivity index (χ4n) is 2.13. The second-order valence-electron chi connectivity index (χ2n) is 4.20. The zero-order valence-electron chi connectivity index (χ0n) is 9.05. The lowest BCUT2D eigenvalue weighted by Gasteiger charge is -2.21. The molecule has 1 aliphatic rings. The standard InChI is InChI=1S/C12H23N/c1-3-4-10-13-12-9-7-5-6-8-11(12)2/h3-4,11-13H,5-10H2,1-2H3/b4-3+. The molecule has 0 aromatic heterocycles. The van der Waals surface area contributed by atoms with Gasteiger partial charge in [0.2, 0.25) is 0 Å². The molecule has 76 valence electrons. The average Bonchev–Trinajstić information content (AvgIpc) is 2.32. The first-order valence-electron chi connectivity index (χ1n) is 5.69. The zero-order chi connectivity index (χ0) is 9.52. The molecule has 0 radical (unpaired) electrons. The van der Waals surface area contributed by atoms with Crippen LogP contribution in [0.25, 0.3) is 0 Å². The Kier molecular flexibility index (Phi) is 5.14. The third-order valence-electron chi connectivity index (χ3n) is 3.10. The van der Waals surface area contributed by atoms with Gasteiger partial charge in [0.1, 0.15) is 0 Å². The van der Waals surface area contributed by atoms with Gasteiger partial charge in [0, 0.05) is 12.6 Å². The van der Waals surface area contributed by atoms with Gasteiger partial charge in [-0.1, -0.05) is 38.3 Å². The number of hydrogen-bond acceptors (Lipinski definition) is 1. The molecular formula is C12H23N. The Labute approximate surface area is 82.6 Å². The van der Waals surface area contributed by atoms with Crippen molar-refractivity contribution in [3.8, 4) is 0 Å². The molecule has 0 aromatic carbocycles. The molecule has 13 heavy (non-hydrogen) atoms. The van der Waals surface area contributed by atoms with E-state index in [-0.39, 0.29) is 0 Å². The molecule has 1 fully saturated rings. The van der Waals surface area contributed by atoms with Crippen LogP contribution < -0.4 is 5.32 Å². The number of allylic oxidation sites excluding steroid dienone is 1. The largest absolute Gasteiger partial charge is 0.310 e. The molecule has 0 aliphatic heterocycles. The van der Waals surface area contributed by atoms with Crippen LogP contribution >= 0.6 is 0 Å². The van der Waals surface area contributed by atoms with Crippen molar-refractivity contribution in [3.63, 3.8) is 0 Å². The highest BCUT2D eigenvalue weighted by molar-refractivity contribution is 4.84. The highest BCUT2D eigenvalue weighted by Gasteiger charge is 2.18. The third-order valence-corrected chi connectivity index (χ3v) is 3.10. The monoisotopic (exact) mass is 181 g/mol. The van der Waals surface area contributed by atoms with Crippen LogP contribution in [-0.2, 0) is 0 Å². The Bertz CT molecular complexity index is 151. The molecular weight excluding hydrogens is 158 g/mol. The van der Waals surface area contributed by atoms with E-state index >= 15 is 0 Å². The second-order valence-corrected chi connectivity index (χ2v) is 4.20. The van der Waals surface area contributed by atoms with E-state index in [4.69, 9.17) is 0 Å². The smallest absolute Gasteiger partial charge is 0.0137 e. The van der Waals surface area contributed by atoms with Crippen molar-refractivity contribution < 1.29 is 0 Å². The minimum Gasteiger partial charge on any atom is -0.310 e. The van der Waals surface area contributed by atoms with Crippen LogP contribution in [0.1, 0.15) is 46.0 Å². The molecule has 0 bridgehead atoms. The van der Waals surface area contributed by atoms with E-state index in [2.05, 4.69) is 31.3 Å². The van der Waals surface area contributed by atoms with Crippen LogP contribution in [0.4, 0.5) is 0 Å². The Hall–Kier alpha value is -0.300. The van der Waals surface area contributed by atoms with Crippen LogP contribution in [0.15, 0.2) is 12.2 Å². The van der Waals surface area contributed by atoms with Crippen LogP contribution in [0.3, 0.4) is 0 Å². The van der Waals surface area contributed by atoms with Gasteiger partial charge in [-0.25, -0.2) is 0 Å². The molecule has 2 unspecified atom stereocenters. The molecule has 0 heterocycles. The van der Waals surface area contributed by atoms with Crippen molar-refractivity contribution in [1.82, 2.24) is 5.32 Å². The quantitative estimate of drug-likeness (QED) is 0.521. The molecule has 0 spiro atoms. The van der Waals surface area contributed by atoms with Gasteiger partial charge in [0.15, 0.2) is 0 Å². The summed E-state index contributed by atoms with van der Waals surface area (Å²) in [5.41, 5.74) is 0. The highest BCUT2D eigenvalue weighted by Crippen LogP contribution is 2.22.